The number of hydrogen-bond donors (Lipinski definition) is 2. The number of thiocarbonyl (C=S) groups is 1. The van der Waals surface area contributed by atoms with E-state index in [1.54, 1.807) is 12.1 Å². The Kier molecular flexibility index (Phi) is 3.21. The average molecular weight is 289 g/mol. The molecule has 0 atom stereocenters. The second-order valence-electron chi connectivity index (χ2n) is 3.50. The SMILES string of the molecule is Fc1ccc(NC(=S)NC2CC2)cc1Br. The van der Waals surface area contributed by atoms with Crippen molar-refractivity contribution in [2.45, 2.75) is 18.9 Å². The van der Waals surface area contributed by atoms with Crippen LogP contribution in [-0.2, 0) is 0 Å². The fourth-order valence-corrected chi connectivity index (χ4v) is 1.82. The Bertz CT molecular complexity index is 393. The number of benzene rings is 1. The molecule has 1 aromatic rings. The zero-order chi connectivity index (χ0) is 10.8. The highest BCUT2D eigenvalue weighted by Crippen LogP contribution is 2.21. The van der Waals surface area contributed by atoms with E-state index in [0.29, 0.717) is 15.6 Å². The maximum atomic E-state index is 12.9. The summed E-state index contributed by atoms with van der Waals surface area (Å²) in [5.41, 5.74) is 0.779. The normalized spacial score (nSPS) is 14.8. The first-order chi connectivity index (χ1) is 7.15. The molecule has 0 amide bonds. The van der Waals surface area contributed by atoms with E-state index in [9.17, 15) is 4.39 Å². The van der Waals surface area contributed by atoms with Crippen molar-refractivity contribution in [2.75, 3.05) is 5.32 Å². The summed E-state index contributed by atoms with van der Waals surface area (Å²) in [5.74, 6) is -0.276. The van der Waals surface area contributed by atoms with E-state index < -0.39 is 0 Å². The molecule has 5 heteroatoms. The first-order valence-electron chi connectivity index (χ1n) is 4.68. The Hall–Kier alpha value is -0.680. The Balaban J connectivity index is 1.97. The summed E-state index contributed by atoms with van der Waals surface area (Å²) in [5, 5.41) is 6.75. The molecule has 0 heterocycles. The molecule has 1 aliphatic carbocycles. The topological polar surface area (TPSA) is 24.1 Å². The quantitative estimate of drug-likeness (QED) is 0.818. The van der Waals surface area contributed by atoms with E-state index in [1.165, 1.54) is 18.9 Å². The summed E-state index contributed by atoms with van der Waals surface area (Å²) in [4.78, 5) is 0. The van der Waals surface area contributed by atoms with Crippen molar-refractivity contribution in [3.8, 4) is 0 Å². The first-order valence-corrected chi connectivity index (χ1v) is 5.88. The molecule has 0 bridgehead atoms. The van der Waals surface area contributed by atoms with E-state index in [1.807, 2.05) is 0 Å². The largest absolute Gasteiger partial charge is 0.360 e. The molecule has 0 unspecified atom stereocenters. The molecule has 0 radical (unpaired) electrons. The number of rotatable bonds is 2. The molecule has 1 saturated carbocycles. The number of halogens is 2. The molecule has 2 rings (SSSR count). The molecular formula is C10H10BrFN2S. The minimum atomic E-state index is -0.276. The van der Waals surface area contributed by atoms with Crippen LogP contribution in [0.1, 0.15) is 12.8 Å². The minimum absolute atomic E-state index is 0.276. The molecular weight excluding hydrogens is 279 g/mol. The molecule has 15 heavy (non-hydrogen) atoms. The van der Waals surface area contributed by atoms with Gasteiger partial charge < -0.3 is 10.6 Å². The zero-order valence-electron chi connectivity index (χ0n) is 7.89. The Labute approximate surface area is 101 Å². The summed E-state index contributed by atoms with van der Waals surface area (Å²) < 4.78 is 13.4. The predicted octanol–water partition coefficient (Wildman–Crippen LogP) is 3.04. The predicted molar refractivity (Wildman–Crippen MR) is 66.5 cm³/mol. The molecule has 0 spiro atoms. The molecule has 2 N–H and O–H groups in total. The fraction of sp³-hybridized carbons (Fsp3) is 0.300. The first kappa shape index (κ1) is 10.8. The Morgan fingerprint density at radius 1 is 1.47 bits per heavy atom. The molecule has 1 aliphatic rings. The summed E-state index contributed by atoms with van der Waals surface area (Å²) in [7, 11) is 0. The van der Waals surface area contributed by atoms with Crippen LogP contribution < -0.4 is 10.6 Å². The van der Waals surface area contributed by atoms with Gasteiger partial charge in [0.05, 0.1) is 4.47 Å². The van der Waals surface area contributed by atoms with Gasteiger partial charge in [0, 0.05) is 11.7 Å². The summed E-state index contributed by atoms with van der Waals surface area (Å²) in [6, 6.07) is 5.23. The van der Waals surface area contributed by atoms with Crippen LogP contribution in [0.4, 0.5) is 10.1 Å². The van der Waals surface area contributed by atoms with Gasteiger partial charge in [0.2, 0.25) is 0 Å². The molecule has 80 valence electrons. The van der Waals surface area contributed by atoms with Crippen LogP contribution >= 0.6 is 28.1 Å². The van der Waals surface area contributed by atoms with Crippen LogP contribution in [0.2, 0.25) is 0 Å². The highest BCUT2D eigenvalue weighted by Gasteiger charge is 2.21. The maximum absolute atomic E-state index is 12.9. The number of nitrogens with one attached hydrogen (secondary N) is 2. The summed E-state index contributed by atoms with van der Waals surface area (Å²) in [6.07, 6.45) is 2.35. The third-order valence-corrected chi connectivity index (χ3v) is 2.92. The Morgan fingerprint density at radius 2 is 2.20 bits per heavy atom. The highest BCUT2D eigenvalue weighted by atomic mass is 79.9. The van der Waals surface area contributed by atoms with Crippen LogP contribution in [0.5, 0.6) is 0 Å². The van der Waals surface area contributed by atoms with Gasteiger partial charge in [-0.25, -0.2) is 4.39 Å². The lowest BCUT2D eigenvalue weighted by Gasteiger charge is -2.09. The monoisotopic (exact) mass is 288 g/mol. The van der Waals surface area contributed by atoms with Gasteiger partial charge in [-0.1, -0.05) is 0 Å². The molecule has 0 aromatic heterocycles. The van der Waals surface area contributed by atoms with E-state index in [0.717, 1.165) is 5.69 Å². The smallest absolute Gasteiger partial charge is 0.170 e. The van der Waals surface area contributed by atoms with Gasteiger partial charge in [-0.3, -0.25) is 0 Å². The van der Waals surface area contributed by atoms with Crippen molar-refractivity contribution in [3.05, 3.63) is 28.5 Å². The van der Waals surface area contributed by atoms with Crippen LogP contribution in [0.25, 0.3) is 0 Å². The van der Waals surface area contributed by atoms with Gasteiger partial charge >= 0.3 is 0 Å². The van der Waals surface area contributed by atoms with Crippen LogP contribution in [-0.4, -0.2) is 11.2 Å². The van der Waals surface area contributed by atoms with Crippen LogP contribution in [0.3, 0.4) is 0 Å². The van der Waals surface area contributed by atoms with Gasteiger partial charge in [0.15, 0.2) is 5.11 Å². The van der Waals surface area contributed by atoms with E-state index in [2.05, 4.69) is 26.6 Å². The van der Waals surface area contributed by atoms with E-state index in [-0.39, 0.29) is 5.82 Å². The number of anilines is 1. The molecule has 1 aromatic carbocycles. The Morgan fingerprint density at radius 3 is 2.80 bits per heavy atom. The second kappa shape index (κ2) is 4.45. The third-order valence-electron chi connectivity index (χ3n) is 2.09. The van der Waals surface area contributed by atoms with Crippen molar-refractivity contribution < 1.29 is 4.39 Å². The fourth-order valence-electron chi connectivity index (χ4n) is 1.15. The average Bonchev–Trinajstić information content (AvgIpc) is 2.95. The van der Waals surface area contributed by atoms with Crippen molar-refractivity contribution in [1.82, 2.24) is 5.32 Å². The second-order valence-corrected chi connectivity index (χ2v) is 4.76. The molecule has 1 fully saturated rings. The zero-order valence-corrected chi connectivity index (χ0v) is 10.3. The van der Waals surface area contributed by atoms with Crippen molar-refractivity contribution >= 4 is 38.9 Å². The minimum Gasteiger partial charge on any atom is -0.360 e. The standard InChI is InChI=1S/C10H10BrFN2S/c11-8-5-7(3-4-9(8)12)14-10(15)13-6-1-2-6/h3-6H,1-2H2,(H2,13,14,15). The maximum Gasteiger partial charge on any atom is 0.170 e. The lowest BCUT2D eigenvalue weighted by molar-refractivity contribution is 0.621. The van der Waals surface area contributed by atoms with Crippen LogP contribution in [0.15, 0.2) is 22.7 Å². The van der Waals surface area contributed by atoms with Crippen molar-refractivity contribution in [3.63, 3.8) is 0 Å². The molecule has 0 saturated heterocycles. The summed E-state index contributed by atoms with van der Waals surface area (Å²) >= 11 is 8.22. The van der Waals surface area contributed by atoms with E-state index in [4.69, 9.17) is 12.2 Å². The number of hydrogen-bond acceptors (Lipinski definition) is 1. The third kappa shape index (κ3) is 3.14. The lowest BCUT2D eigenvalue weighted by Crippen LogP contribution is -2.30. The van der Waals surface area contributed by atoms with Crippen LogP contribution in [0, 0.1) is 5.82 Å². The molecule has 0 aliphatic heterocycles. The van der Waals surface area contributed by atoms with Gasteiger partial charge in [-0.05, 0) is 59.2 Å². The van der Waals surface area contributed by atoms with Gasteiger partial charge in [0.25, 0.3) is 0 Å². The van der Waals surface area contributed by atoms with Gasteiger partial charge in [-0.2, -0.15) is 0 Å². The van der Waals surface area contributed by atoms with Crippen molar-refractivity contribution in [2.24, 2.45) is 0 Å². The lowest BCUT2D eigenvalue weighted by atomic mass is 10.3. The van der Waals surface area contributed by atoms with E-state index >= 15 is 0 Å². The highest BCUT2D eigenvalue weighted by molar-refractivity contribution is 9.10. The molecule has 2 nitrogen and oxygen atoms in total. The van der Waals surface area contributed by atoms with Gasteiger partial charge in [-0.15, -0.1) is 0 Å². The van der Waals surface area contributed by atoms with Crippen molar-refractivity contribution in [1.29, 1.82) is 0 Å². The van der Waals surface area contributed by atoms with Gasteiger partial charge in [0.1, 0.15) is 5.82 Å². The summed E-state index contributed by atoms with van der Waals surface area (Å²) in [6.45, 7) is 0.